The molecule has 148 valence electrons. The van der Waals surface area contributed by atoms with E-state index in [1.54, 1.807) is 0 Å². The number of benzene rings is 2. The Bertz CT molecular complexity index is 821. The second-order valence-corrected chi connectivity index (χ2v) is 7.89. The minimum absolute atomic E-state index is 0.102. The van der Waals surface area contributed by atoms with Crippen molar-refractivity contribution in [1.82, 2.24) is 15.1 Å². The molecule has 1 fully saturated rings. The maximum Gasteiger partial charge on any atom is 0.320 e. The van der Waals surface area contributed by atoms with Gasteiger partial charge in [-0.1, -0.05) is 36.4 Å². The summed E-state index contributed by atoms with van der Waals surface area (Å²) in [5.74, 6) is 0.251. The highest BCUT2D eigenvalue weighted by atomic mass is 19.1. The molecular weight excluding hydrogens is 353 g/mol. The van der Waals surface area contributed by atoms with E-state index in [1.807, 2.05) is 41.1 Å². The van der Waals surface area contributed by atoms with Gasteiger partial charge in [0.1, 0.15) is 5.82 Å². The zero-order chi connectivity index (χ0) is 19.5. The van der Waals surface area contributed by atoms with Gasteiger partial charge in [0.05, 0.1) is 6.04 Å². The molecule has 0 radical (unpaired) electrons. The first kappa shape index (κ1) is 18.9. The lowest BCUT2D eigenvalue weighted by atomic mass is 9.88. The average molecular weight is 381 g/mol. The summed E-state index contributed by atoms with van der Waals surface area (Å²) in [4.78, 5) is 17.5. The van der Waals surface area contributed by atoms with E-state index in [0.717, 1.165) is 50.0 Å². The van der Waals surface area contributed by atoms with Crippen molar-refractivity contribution in [2.24, 2.45) is 5.92 Å². The summed E-state index contributed by atoms with van der Waals surface area (Å²) in [7, 11) is 1.97. The van der Waals surface area contributed by atoms with E-state index in [9.17, 15) is 9.18 Å². The molecule has 2 heterocycles. The number of carbonyl (C=O) groups excluding carboxylic acids is 1. The Morgan fingerprint density at radius 2 is 1.93 bits per heavy atom. The molecule has 4 nitrogen and oxygen atoms in total. The van der Waals surface area contributed by atoms with Crippen molar-refractivity contribution in [3.05, 3.63) is 71.0 Å². The summed E-state index contributed by atoms with van der Waals surface area (Å²) in [6.45, 7) is 3.24. The number of nitrogens with zero attached hydrogens (tertiary/aromatic N) is 2. The van der Waals surface area contributed by atoms with Crippen LogP contribution in [0.3, 0.4) is 0 Å². The number of fused-ring (bicyclic) bond motifs is 1. The van der Waals surface area contributed by atoms with Gasteiger partial charge in [-0.3, -0.25) is 0 Å². The van der Waals surface area contributed by atoms with E-state index >= 15 is 0 Å². The van der Waals surface area contributed by atoms with Crippen molar-refractivity contribution >= 4 is 6.03 Å². The van der Waals surface area contributed by atoms with Crippen molar-refractivity contribution in [3.63, 3.8) is 0 Å². The van der Waals surface area contributed by atoms with Crippen LogP contribution in [0.25, 0.3) is 0 Å². The van der Waals surface area contributed by atoms with Crippen LogP contribution in [0.15, 0.2) is 48.5 Å². The third-order valence-corrected chi connectivity index (χ3v) is 6.00. The molecule has 5 heteroatoms. The summed E-state index contributed by atoms with van der Waals surface area (Å²) >= 11 is 0. The molecule has 0 aromatic heterocycles. The lowest BCUT2D eigenvalue weighted by Gasteiger charge is -2.42. The highest BCUT2D eigenvalue weighted by molar-refractivity contribution is 5.76. The molecule has 1 saturated heterocycles. The van der Waals surface area contributed by atoms with Gasteiger partial charge in [0.2, 0.25) is 0 Å². The fourth-order valence-corrected chi connectivity index (χ4v) is 4.65. The largest absolute Gasteiger partial charge is 0.324 e. The Morgan fingerprint density at radius 1 is 1.14 bits per heavy atom. The maximum absolute atomic E-state index is 13.5. The number of likely N-dealkylation sites (tertiary alicyclic amines) is 1. The van der Waals surface area contributed by atoms with E-state index in [0.29, 0.717) is 12.5 Å². The number of rotatable bonds is 3. The molecule has 0 unspecified atom stereocenters. The van der Waals surface area contributed by atoms with Crippen LogP contribution in [-0.4, -0.2) is 49.1 Å². The van der Waals surface area contributed by atoms with Crippen LogP contribution in [0.5, 0.6) is 0 Å². The second-order valence-electron chi connectivity index (χ2n) is 7.89. The van der Waals surface area contributed by atoms with Crippen molar-refractivity contribution in [2.75, 3.05) is 33.2 Å². The maximum atomic E-state index is 13.5. The number of urea groups is 1. The third kappa shape index (κ3) is 3.76. The van der Waals surface area contributed by atoms with Crippen molar-refractivity contribution in [1.29, 1.82) is 0 Å². The lowest BCUT2D eigenvalue weighted by Crippen LogP contribution is -2.51. The zero-order valence-electron chi connectivity index (χ0n) is 16.4. The lowest BCUT2D eigenvalue weighted by molar-refractivity contribution is 0.115. The van der Waals surface area contributed by atoms with Gasteiger partial charge in [0.15, 0.2) is 0 Å². The Balaban J connectivity index is 1.65. The molecule has 2 aliphatic heterocycles. The smallest absolute Gasteiger partial charge is 0.320 e. The first-order valence-electron chi connectivity index (χ1n) is 10.2. The van der Waals surface area contributed by atoms with Crippen LogP contribution < -0.4 is 5.32 Å². The molecule has 0 spiro atoms. The summed E-state index contributed by atoms with van der Waals surface area (Å²) < 4.78 is 13.5. The standard InChI is InChI=1S/C23H28FN3O/c1-25-15-17-5-4-13-26(16-17)23(28)27-14-12-18-6-2-3-7-21(18)22(27)19-8-10-20(24)11-9-19/h2-3,6-11,17,22,25H,4-5,12-16H2,1H3/t17-,22-/m0/s1. The first-order valence-corrected chi connectivity index (χ1v) is 10.2. The number of hydrogen-bond acceptors (Lipinski definition) is 2. The molecule has 2 amide bonds. The van der Waals surface area contributed by atoms with Crippen molar-refractivity contribution in [2.45, 2.75) is 25.3 Å². The summed E-state index contributed by atoms with van der Waals surface area (Å²) in [6, 6.07) is 14.8. The molecule has 0 bridgehead atoms. The Labute approximate surface area is 166 Å². The number of piperidine rings is 1. The highest BCUT2D eigenvalue weighted by Crippen LogP contribution is 2.36. The third-order valence-electron chi connectivity index (χ3n) is 6.00. The summed E-state index contributed by atoms with van der Waals surface area (Å²) in [6.07, 6.45) is 3.06. The van der Waals surface area contributed by atoms with E-state index in [1.165, 1.54) is 17.7 Å². The predicted molar refractivity (Wildman–Crippen MR) is 109 cm³/mol. The van der Waals surface area contributed by atoms with Crippen LogP contribution >= 0.6 is 0 Å². The molecule has 0 aliphatic carbocycles. The van der Waals surface area contributed by atoms with Gasteiger partial charge in [-0.15, -0.1) is 0 Å². The Hall–Kier alpha value is -2.40. The fourth-order valence-electron chi connectivity index (χ4n) is 4.65. The molecule has 2 aliphatic rings. The molecular formula is C23H28FN3O. The van der Waals surface area contributed by atoms with Gasteiger partial charge in [0.25, 0.3) is 0 Å². The van der Waals surface area contributed by atoms with Gasteiger partial charge in [0, 0.05) is 19.6 Å². The number of halogens is 1. The molecule has 2 aromatic rings. The summed E-state index contributed by atoms with van der Waals surface area (Å²) in [5, 5.41) is 3.24. The predicted octanol–water partition coefficient (Wildman–Crippen LogP) is 3.82. The number of hydrogen-bond donors (Lipinski definition) is 1. The molecule has 2 aromatic carbocycles. The molecule has 28 heavy (non-hydrogen) atoms. The summed E-state index contributed by atoms with van der Waals surface area (Å²) in [5.41, 5.74) is 3.38. The molecule has 1 N–H and O–H groups in total. The van der Waals surface area contributed by atoms with E-state index in [4.69, 9.17) is 0 Å². The van der Waals surface area contributed by atoms with Crippen LogP contribution in [0.1, 0.15) is 35.6 Å². The Kier molecular flexibility index (Phi) is 5.62. The van der Waals surface area contributed by atoms with Gasteiger partial charge < -0.3 is 15.1 Å². The minimum atomic E-state index is -0.253. The Morgan fingerprint density at radius 3 is 2.71 bits per heavy atom. The highest BCUT2D eigenvalue weighted by Gasteiger charge is 2.35. The van der Waals surface area contributed by atoms with E-state index < -0.39 is 0 Å². The average Bonchev–Trinajstić information content (AvgIpc) is 2.73. The fraction of sp³-hybridized carbons (Fsp3) is 0.435. The monoisotopic (exact) mass is 381 g/mol. The number of carbonyl (C=O) groups is 1. The SMILES string of the molecule is CNC[C@@H]1CCCN(C(=O)N2CCc3ccccc3[C@@H]2c2ccc(F)cc2)C1. The minimum Gasteiger partial charge on any atom is -0.324 e. The van der Waals surface area contributed by atoms with Gasteiger partial charge in [-0.05, 0) is 67.6 Å². The van der Waals surface area contributed by atoms with E-state index in [-0.39, 0.29) is 17.9 Å². The van der Waals surface area contributed by atoms with Crippen LogP contribution in [0.2, 0.25) is 0 Å². The molecule has 4 rings (SSSR count). The molecule has 2 atom stereocenters. The van der Waals surface area contributed by atoms with Gasteiger partial charge >= 0.3 is 6.03 Å². The number of nitrogens with one attached hydrogen (secondary N) is 1. The van der Waals surface area contributed by atoms with Gasteiger partial charge in [-0.25, -0.2) is 9.18 Å². The topological polar surface area (TPSA) is 35.6 Å². The van der Waals surface area contributed by atoms with Crippen molar-refractivity contribution in [3.8, 4) is 0 Å². The zero-order valence-corrected chi connectivity index (χ0v) is 16.4. The van der Waals surface area contributed by atoms with Gasteiger partial charge in [-0.2, -0.15) is 0 Å². The van der Waals surface area contributed by atoms with Crippen LogP contribution in [-0.2, 0) is 6.42 Å². The normalized spacial score (nSPS) is 22.1. The molecule has 0 saturated carbocycles. The van der Waals surface area contributed by atoms with Crippen molar-refractivity contribution < 1.29 is 9.18 Å². The second kappa shape index (κ2) is 8.31. The van der Waals surface area contributed by atoms with Crippen LogP contribution in [0.4, 0.5) is 9.18 Å². The number of amides is 2. The first-order chi connectivity index (χ1) is 13.7. The van der Waals surface area contributed by atoms with Crippen LogP contribution in [0, 0.1) is 11.7 Å². The quantitative estimate of drug-likeness (QED) is 0.877. The van der Waals surface area contributed by atoms with E-state index in [2.05, 4.69) is 17.4 Å².